The number of aromatic nitrogens is 2. The number of rotatable bonds is 2. The maximum absolute atomic E-state index is 11.4. The highest BCUT2D eigenvalue weighted by molar-refractivity contribution is 6.01. The number of aromatic amines is 1. The summed E-state index contributed by atoms with van der Waals surface area (Å²) in [5.41, 5.74) is 0.744. The molecule has 0 aliphatic rings. The van der Waals surface area contributed by atoms with Crippen LogP contribution in [-0.4, -0.2) is 22.8 Å². The molecule has 0 saturated carbocycles. The number of hydrogen-bond donors (Lipinski definition) is 1. The Balaban J connectivity index is 3.29. The number of allylic oxidation sites excluding steroid dienone is 1. The molecule has 0 saturated heterocycles. The summed E-state index contributed by atoms with van der Waals surface area (Å²) in [6.07, 6.45) is 3.30. The fourth-order valence-electron chi connectivity index (χ4n) is 1.01. The second-order valence-corrected chi connectivity index (χ2v) is 2.85. The van der Waals surface area contributed by atoms with Crippen molar-refractivity contribution in [2.45, 2.75) is 13.8 Å². The van der Waals surface area contributed by atoms with E-state index in [2.05, 4.69) is 26.9 Å². The van der Waals surface area contributed by atoms with Crippen LogP contribution in [0.25, 0.3) is 0 Å². The van der Waals surface area contributed by atoms with Gasteiger partial charge in [-0.2, -0.15) is 5.10 Å². The highest BCUT2D eigenvalue weighted by atomic mass is 16.1. The molecule has 0 unspecified atom stereocenters. The molecule has 1 aromatic heterocycles. The summed E-state index contributed by atoms with van der Waals surface area (Å²) < 4.78 is 0. The van der Waals surface area contributed by atoms with Gasteiger partial charge < -0.3 is 0 Å². The zero-order valence-corrected chi connectivity index (χ0v) is 8.69. The lowest BCUT2D eigenvalue weighted by Gasteiger charge is -1.98. The third-order valence-corrected chi connectivity index (χ3v) is 1.67. The van der Waals surface area contributed by atoms with E-state index >= 15 is 0 Å². The number of hydrogen-bond acceptors (Lipinski definition) is 3. The molecule has 0 amide bonds. The Morgan fingerprint density at radius 3 is 3.00 bits per heavy atom. The van der Waals surface area contributed by atoms with E-state index in [0.29, 0.717) is 17.1 Å². The molecule has 1 rings (SSSR count). The van der Waals surface area contributed by atoms with Gasteiger partial charge in [0.05, 0.1) is 11.3 Å². The Hall–Kier alpha value is -2.04. The number of nitrogens with zero attached hydrogens (tertiary/aromatic N) is 3. The Labute approximate surface area is 87.3 Å². The van der Waals surface area contributed by atoms with Crippen LogP contribution in [0, 0.1) is 6.92 Å². The van der Waals surface area contributed by atoms with Crippen molar-refractivity contribution >= 4 is 12.6 Å². The first kappa shape index (κ1) is 11.0. The van der Waals surface area contributed by atoms with Gasteiger partial charge in [0.15, 0.2) is 5.84 Å². The highest BCUT2D eigenvalue weighted by Gasteiger charge is 2.06. The van der Waals surface area contributed by atoms with Crippen molar-refractivity contribution in [1.82, 2.24) is 10.2 Å². The van der Waals surface area contributed by atoms with Crippen molar-refractivity contribution in [2.24, 2.45) is 9.98 Å². The van der Waals surface area contributed by atoms with E-state index in [4.69, 9.17) is 0 Å². The maximum Gasteiger partial charge on any atom is 0.275 e. The third-order valence-electron chi connectivity index (χ3n) is 1.67. The predicted octanol–water partition coefficient (Wildman–Crippen LogP) is 1.06. The SMILES string of the molecule is C=NC(=N/C=C\C)c1cc(C)n[nH]c1=O. The van der Waals surface area contributed by atoms with Gasteiger partial charge in [-0.3, -0.25) is 4.79 Å². The van der Waals surface area contributed by atoms with Crippen LogP contribution in [0.3, 0.4) is 0 Å². The van der Waals surface area contributed by atoms with Crippen LogP contribution < -0.4 is 5.56 Å². The molecular formula is C10H12N4O. The van der Waals surface area contributed by atoms with Crippen molar-refractivity contribution in [3.63, 3.8) is 0 Å². The van der Waals surface area contributed by atoms with Crippen LogP contribution in [0.1, 0.15) is 18.2 Å². The molecule has 1 heterocycles. The molecular weight excluding hydrogens is 192 g/mol. The molecule has 5 nitrogen and oxygen atoms in total. The standard InChI is InChI=1S/C10H12N4O/c1-4-5-12-9(11-3)8-6-7(2)13-14-10(8)15/h4-6H,3H2,1-2H3,(H,14,15)/b5-4-,12-9?. The molecule has 15 heavy (non-hydrogen) atoms. The number of amidine groups is 1. The van der Waals surface area contributed by atoms with E-state index in [9.17, 15) is 4.79 Å². The van der Waals surface area contributed by atoms with E-state index in [-0.39, 0.29) is 5.56 Å². The lowest BCUT2D eigenvalue weighted by molar-refractivity contribution is 0.940. The van der Waals surface area contributed by atoms with Crippen LogP contribution in [0.15, 0.2) is 33.1 Å². The summed E-state index contributed by atoms with van der Waals surface area (Å²) in [5.74, 6) is 0.292. The van der Waals surface area contributed by atoms with E-state index < -0.39 is 0 Å². The molecule has 0 bridgehead atoms. The second-order valence-electron chi connectivity index (χ2n) is 2.85. The molecule has 78 valence electrons. The first-order valence-corrected chi connectivity index (χ1v) is 4.41. The highest BCUT2D eigenvalue weighted by Crippen LogP contribution is 1.98. The minimum atomic E-state index is -0.323. The van der Waals surface area contributed by atoms with Crippen molar-refractivity contribution in [2.75, 3.05) is 0 Å². The average Bonchev–Trinajstić information content (AvgIpc) is 2.24. The van der Waals surface area contributed by atoms with Gasteiger partial charge in [0.2, 0.25) is 0 Å². The summed E-state index contributed by atoms with van der Waals surface area (Å²) in [4.78, 5) is 19.1. The third kappa shape index (κ3) is 2.70. The predicted molar refractivity (Wildman–Crippen MR) is 60.5 cm³/mol. The molecule has 0 aromatic carbocycles. The number of aliphatic imine (C=N–C) groups is 2. The molecule has 0 radical (unpaired) electrons. The number of nitrogens with one attached hydrogen (secondary N) is 1. The largest absolute Gasteiger partial charge is 0.275 e. The van der Waals surface area contributed by atoms with Crippen molar-refractivity contribution < 1.29 is 0 Å². The fraction of sp³-hybridized carbons (Fsp3) is 0.200. The molecule has 1 aromatic rings. The van der Waals surface area contributed by atoms with Crippen molar-refractivity contribution in [3.05, 3.63) is 40.0 Å². The summed E-state index contributed by atoms with van der Waals surface area (Å²) in [7, 11) is 0. The summed E-state index contributed by atoms with van der Waals surface area (Å²) in [6.45, 7) is 6.97. The van der Waals surface area contributed by atoms with Crippen LogP contribution in [0.5, 0.6) is 0 Å². The van der Waals surface area contributed by atoms with E-state index in [1.54, 1.807) is 25.3 Å². The summed E-state index contributed by atoms with van der Waals surface area (Å²) >= 11 is 0. The average molecular weight is 204 g/mol. The van der Waals surface area contributed by atoms with Crippen molar-refractivity contribution in [1.29, 1.82) is 0 Å². The summed E-state index contributed by atoms with van der Waals surface area (Å²) in [6, 6.07) is 1.62. The summed E-state index contributed by atoms with van der Waals surface area (Å²) in [5, 5.41) is 6.12. The van der Waals surface area contributed by atoms with Crippen LogP contribution >= 0.6 is 0 Å². The molecule has 1 N–H and O–H groups in total. The number of aryl methyl sites for hydroxylation is 1. The molecule has 0 spiro atoms. The van der Waals surface area contributed by atoms with Gasteiger partial charge in [-0.15, -0.1) is 0 Å². The van der Waals surface area contributed by atoms with Crippen LogP contribution in [0.4, 0.5) is 0 Å². The minimum absolute atomic E-state index is 0.292. The van der Waals surface area contributed by atoms with Gasteiger partial charge in [-0.1, -0.05) is 6.08 Å². The first-order chi connectivity index (χ1) is 7.19. The Kier molecular flexibility index (Phi) is 3.68. The first-order valence-electron chi connectivity index (χ1n) is 4.41. The molecule has 0 aliphatic carbocycles. The lowest BCUT2D eigenvalue weighted by atomic mass is 10.2. The molecule has 0 fully saturated rings. The van der Waals surface area contributed by atoms with E-state index in [0.717, 1.165) is 0 Å². The van der Waals surface area contributed by atoms with Crippen LogP contribution in [-0.2, 0) is 0 Å². The maximum atomic E-state index is 11.4. The normalized spacial score (nSPS) is 12.0. The van der Waals surface area contributed by atoms with E-state index in [1.807, 2.05) is 6.92 Å². The van der Waals surface area contributed by atoms with Gasteiger partial charge in [-0.05, 0) is 26.6 Å². The Morgan fingerprint density at radius 2 is 2.40 bits per heavy atom. The topological polar surface area (TPSA) is 70.5 Å². The smallest absolute Gasteiger partial charge is 0.267 e. The zero-order chi connectivity index (χ0) is 11.3. The Bertz CT molecular complexity index is 471. The van der Waals surface area contributed by atoms with Gasteiger partial charge in [-0.25, -0.2) is 15.1 Å². The molecule has 0 atom stereocenters. The van der Waals surface area contributed by atoms with Crippen LogP contribution in [0.2, 0.25) is 0 Å². The van der Waals surface area contributed by atoms with E-state index in [1.165, 1.54) is 0 Å². The lowest BCUT2D eigenvalue weighted by Crippen LogP contribution is -2.18. The second kappa shape index (κ2) is 4.99. The van der Waals surface area contributed by atoms with Gasteiger partial charge in [0.1, 0.15) is 0 Å². The molecule has 5 heteroatoms. The number of H-pyrrole nitrogens is 1. The van der Waals surface area contributed by atoms with Gasteiger partial charge in [0.25, 0.3) is 5.56 Å². The quantitative estimate of drug-likeness (QED) is 0.578. The Morgan fingerprint density at radius 1 is 1.67 bits per heavy atom. The van der Waals surface area contributed by atoms with Gasteiger partial charge >= 0.3 is 0 Å². The minimum Gasteiger partial charge on any atom is -0.267 e. The zero-order valence-electron chi connectivity index (χ0n) is 8.69. The molecule has 0 aliphatic heterocycles. The monoisotopic (exact) mass is 204 g/mol. The fourth-order valence-corrected chi connectivity index (χ4v) is 1.01. The van der Waals surface area contributed by atoms with Crippen molar-refractivity contribution in [3.8, 4) is 0 Å². The van der Waals surface area contributed by atoms with Gasteiger partial charge in [0, 0.05) is 6.20 Å².